The predicted molar refractivity (Wildman–Crippen MR) is 70.3 cm³/mol. The molecule has 0 rings (SSSR count). The molecule has 0 saturated carbocycles. The molecule has 15 heavy (non-hydrogen) atoms. The molecule has 0 aromatic heterocycles. The molecule has 0 N–H and O–H groups in total. The van der Waals surface area contributed by atoms with Gasteiger partial charge in [0.15, 0.2) is 0 Å². The highest BCUT2D eigenvalue weighted by Crippen LogP contribution is 2.05. The average Bonchev–Trinajstić information content (AvgIpc) is 2.20. The standard InChI is InChI=1S/C14H29N/c1-5-7-11-15(12-8-6-2)13-9-10-14(3)4/h3,5-13H2,1-2,4H3. The van der Waals surface area contributed by atoms with E-state index >= 15 is 0 Å². The molecule has 1 nitrogen and oxygen atoms in total. The van der Waals surface area contributed by atoms with Crippen molar-refractivity contribution < 1.29 is 0 Å². The predicted octanol–water partition coefficient (Wildman–Crippen LogP) is 4.24. The van der Waals surface area contributed by atoms with Gasteiger partial charge in [0, 0.05) is 0 Å². The Morgan fingerprint density at radius 2 is 1.40 bits per heavy atom. The minimum absolute atomic E-state index is 1.19. The van der Waals surface area contributed by atoms with E-state index in [1.165, 1.54) is 63.7 Å². The van der Waals surface area contributed by atoms with Gasteiger partial charge in [-0.3, -0.25) is 0 Å². The quantitative estimate of drug-likeness (QED) is 0.488. The van der Waals surface area contributed by atoms with Crippen LogP contribution >= 0.6 is 0 Å². The summed E-state index contributed by atoms with van der Waals surface area (Å²) >= 11 is 0. The summed E-state index contributed by atoms with van der Waals surface area (Å²) in [7, 11) is 0. The van der Waals surface area contributed by atoms with Crippen LogP contribution in [0.15, 0.2) is 12.2 Å². The van der Waals surface area contributed by atoms with Crippen LogP contribution in [0.3, 0.4) is 0 Å². The highest BCUT2D eigenvalue weighted by molar-refractivity contribution is 4.87. The van der Waals surface area contributed by atoms with Crippen molar-refractivity contribution in [2.24, 2.45) is 0 Å². The second kappa shape index (κ2) is 10.2. The van der Waals surface area contributed by atoms with Gasteiger partial charge in [-0.1, -0.05) is 32.3 Å². The Bertz CT molecular complexity index is 143. The molecular weight excluding hydrogens is 182 g/mol. The summed E-state index contributed by atoms with van der Waals surface area (Å²) < 4.78 is 0. The highest BCUT2D eigenvalue weighted by Gasteiger charge is 2.02. The van der Waals surface area contributed by atoms with Crippen LogP contribution in [-0.2, 0) is 0 Å². The molecule has 0 aromatic rings. The molecule has 0 radical (unpaired) electrons. The summed E-state index contributed by atoms with van der Waals surface area (Å²) in [6.07, 6.45) is 7.78. The molecule has 0 atom stereocenters. The number of unbranched alkanes of at least 4 members (excludes halogenated alkanes) is 2. The third-order valence-corrected chi connectivity index (χ3v) is 2.73. The van der Waals surface area contributed by atoms with Gasteiger partial charge in [0.05, 0.1) is 0 Å². The molecule has 0 spiro atoms. The maximum atomic E-state index is 3.96. The van der Waals surface area contributed by atoms with Gasteiger partial charge >= 0.3 is 0 Å². The van der Waals surface area contributed by atoms with Crippen LogP contribution in [0.25, 0.3) is 0 Å². The van der Waals surface area contributed by atoms with Crippen LogP contribution in [0, 0.1) is 0 Å². The van der Waals surface area contributed by atoms with E-state index in [0.717, 1.165) is 0 Å². The van der Waals surface area contributed by atoms with E-state index in [9.17, 15) is 0 Å². The second-order valence-electron chi connectivity index (χ2n) is 4.61. The monoisotopic (exact) mass is 211 g/mol. The van der Waals surface area contributed by atoms with Gasteiger partial charge < -0.3 is 4.90 Å². The minimum Gasteiger partial charge on any atom is -0.303 e. The summed E-state index contributed by atoms with van der Waals surface area (Å²) in [5.41, 5.74) is 1.32. The molecule has 0 amide bonds. The molecule has 0 fully saturated rings. The topological polar surface area (TPSA) is 3.24 Å². The molecule has 0 heterocycles. The zero-order valence-corrected chi connectivity index (χ0v) is 11.0. The van der Waals surface area contributed by atoms with Crippen molar-refractivity contribution in [1.29, 1.82) is 0 Å². The van der Waals surface area contributed by atoms with Crippen LogP contribution in [0.4, 0.5) is 0 Å². The van der Waals surface area contributed by atoms with Crippen LogP contribution in [0.5, 0.6) is 0 Å². The molecular formula is C14H29N. The van der Waals surface area contributed by atoms with Crippen LogP contribution in [0.2, 0.25) is 0 Å². The van der Waals surface area contributed by atoms with Gasteiger partial charge in [-0.2, -0.15) is 0 Å². The first kappa shape index (κ1) is 14.7. The Balaban J connectivity index is 3.63. The van der Waals surface area contributed by atoms with E-state index in [-0.39, 0.29) is 0 Å². The van der Waals surface area contributed by atoms with Crippen molar-refractivity contribution in [2.75, 3.05) is 19.6 Å². The molecule has 0 unspecified atom stereocenters. The van der Waals surface area contributed by atoms with Gasteiger partial charge in [-0.15, -0.1) is 6.58 Å². The van der Waals surface area contributed by atoms with E-state index in [4.69, 9.17) is 0 Å². The van der Waals surface area contributed by atoms with Crippen molar-refractivity contribution >= 4 is 0 Å². The van der Waals surface area contributed by atoms with Crippen molar-refractivity contribution in [3.8, 4) is 0 Å². The lowest BCUT2D eigenvalue weighted by Crippen LogP contribution is -2.27. The molecule has 0 aliphatic carbocycles. The fourth-order valence-electron chi connectivity index (χ4n) is 1.70. The molecule has 0 aliphatic heterocycles. The van der Waals surface area contributed by atoms with Crippen molar-refractivity contribution in [3.63, 3.8) is 0 Å². The van der Waals surface area contributed by atoms with Gasteiger partial charge in [0.1, 0.15) is 0 Å². The molecule has 1 heteroatoms. The smallest absolute Gasteiger partial charge is 0.00157 e. The van der Waals surface area contributed by atoms with Crippen molar-refractivity contribution in [3.05, 3.63) is 12.2 Å². The Morgan fingerprint density at radius 1 is 0.933 bits per heavy atom. The highest BCUT2D eigenvalue weighted by atomic mass is 15.1. The first-order valence-electron chi connectivity index (χ1n) is 6.57. The molecule has 0 aliphatic rings. The van der Waals surface area contributed by atoms with Crippen molar-refractivity contribution in [2.45, 2.75) is 59.3 Å². The van der Waals surface area contributed by atoms with Crippen molar-refractivity contribution in [1.82, 2.24) is 4.90 Å². The van der Waals surface area contributed by atoms with Crippen LogP contribution in [0.1, 0.15) is 59.3 Å². The maximum absolute atomic E-state index is 3.96. The third kappa shape index (κ3) is 9.99. The maximum Gasteiger partial charge on any atom is -0.00157 e. The minimum atomic E-state index is 1.19. The van der Waals surface area contributed by atoms with E-state index < -0.39 is 0 Å². The van der Waals surface area contributed by atoms with E-state index in [2.05, 4.69) is 32.3 Å². The Kier molecular flexibility index (Phi) is 10.0. The van der Waals surface area contributed by atoms with Crippen LogP contribution < -0.4 is 0 Å². The number of nitrogens with zero attached hydrogens (tertiary/aromatic N) is 1. The Hall–Kier alpha value is -0.300. The summed E-state index contributed by atoms with van der Waals surface area (Å²) in [4.78, 5) is 2.62. The molecule has 0 bridgehead atoms. The van der Waals surface area contributed by atoms with E-state index in [1.807, 2.05) is 0 Å². The van der Waals surface area contributed by atoms with E-state index in [0.29, 0.717) is 0 Å². The van der Waals surface area contributed by atoms with Gasteiger partial charge in [0.25, 0.3) is 0 Å². The summed E-state index contributed by atoms with van der Waals surface area (Å²) in [5, 5.41) is 0. The third-order valence-electron chi connectivity index (χ3n) is 2.73. The normalized spacial score (nSPS) is 10.9. The summed E-state index contributed by atoms with van der Waals surface area (Å²) in [5.74, 6) is 0. The Labute approximate surface area is 96.6 Å². The van der Waals surface area contributed by atoms with Gasteiger partial charge in [-0.05, 0) is 52.2 Å². The number of rotatable bonds is 10. The first-order valence-corrected chi connectivity index (χ1v) is 6.57. The summed E-state index contributed by atoms with van der Waals surface area (Å²) in [6, 6.07) is 0. The van der Waals surface area contributed by atoms with Gasteiger partial charge in [-0.25, -0.2) is 0 Å². The van der Waals surface area contributed by atoms with E-state index in [1.54, 1.807) is 0 Å². The zero-order valence-electron chi connectivity index (χ0n) is 11.0. The second-order valence-corrected chi connectivity index (χ2v) is 4.61. The SMILES string of the molecule is C=C(C)CCCN(CCCC)CCCC. The largest absolute Gasteiger partial charge is 0.303 e. The lowest BCUT2D eigenvalue weighted by atomic mass is 10.1. The number of allylic oxidation sites excluding steroid dienone is 1. The number of hydrogen-bond donors (Lipinski definition) is 0. The molecule has 90 valence electrons. The fraction of sp³-hybridized carbons (Fsp3) is 0.857. The molecule has 0 aromatic carbocycles. The lowest BCUT2D eigenvalue weighted by Gasteiger charge is -2.21. The average molecular weight is 211 g/mol. The molecule has 0 saturated heterocycles. The lowest BCUT2D eigenvalue weighted by molar-refractivity contribution is 0.262. The first-order chi connectivity index (χ1) is 7.20. The Morgan fingerprint density at radius 3 is 1.80 bits per heavy atom. The summed E-state index contributed by atoms with van der Waals surface area (Å²) in [6.45, 7) is 14.5. The number of hydrogen-bond acceptors (Lipinski definition) is 1. The fourth-order valence-corrected chi connectivity index (χ4v) is 1.70. The zero-order chi connectivity index (χ0) is 11.5. The van der Waals surface area contributed by atoms with Gasteiger partial charge in [0.2, 0.25) is 0 Å². The van der Waals surface area contributed by atoms with Crippen LogP contribution in [-0.4, -0.2) is 24.5 Å².